The van der Waals surface area contributed by atoms with Gasteiger partial charge >= 0.3 is 0 Å². The van der Waals surface area contributed by atoms with E-state index >= 15 is 0 Å². The maximum atomic E-state index is 14.2. The second-order valence-electron chi connectivity index (χ2n) is 8.27. The van der Waals surface area contributed by atoms with Crippen LogP contribution in [0.25, 0.3) is 5.69 Å². The summed E-state index contributed by atoms with van der Waals surface area (Å²) in [6.07, 6.45) is 3.01. The van der Waals surface area contributed by atoms with E-state index in [0.717, 1.165) is 23.4 Å². The number of benzene rings is 2. The first-order valence-corrected chi connectivity index (χ1v) is 10.8. The highest BCUT2D eigenvalue weighted by Gasteiger charge is 2.23. The fourth-order valence-electron chi connectivity index (χ4n) is 3.96. The molecule has 10 heteroatoms. The molecule has 0 bridgehead atoms. The molecular weight excluding hydrogens is 462 g/mol. The van der Waals surface area contributed by atoms with Gasteiger partial charge in [-0.3, -0.25) is 14.0 Å². The van der Waals surface area contributed by atoms with Gasteiger partial charge < -0.3 is 4.90 Å². The van der Waals surface area contributed by atoms with Gasteiger partial charge in [-0.25, -0.2) is 22.5 Å². The average molecular weight is 485 g/mol. The van der Waals surface area contributed by atoms with Gasteiger partial charge in [-0.15, -0.1) is 0 Å². The Labute approximate surface area is 199 Å². The Kier molecular flexibility index (Phi) is 6.72. The van der Waals surface area contributed by atoms with Crippen molar-refractivity contribution in [3.05, 3.63) is 100 Å². The van der Waals surface area contributed by atoms with Crippen LogP contribution in [0.5, 0.6) is 0 Å². The van der Waals surface area contributed by atoms with E-state index in [2.05, 4.69) is 10.1 Å². The van der Waals surface area contributed by atoms with Crippen LogP contribution in [0.1, 0.15) is 33.1 Å². The number of nitrogens with zero attached hydrogens (tertiary/aromatic N) is 5. The second kappa shape index (κ2) is 9.73. The molecule has 0 spiro atoms. The maximum Gasteiger partial charge on any atom is 0.272 e. The molecule has 0 radical (unpaired) electrons. The number of halogens is 4. The second-order valence-corrected chi connectivity index (χ2v) is 8.27. The Morgan fingerprint density at radius 2 is 1.69 bits per heavy atom. The predicted molar refractivity (Wildman–Crippen MR) is 121 cm³/mol. The van der Waals surface area contributed by atoms with Crippen LogP contribution in [0.15, 0.2) is 48.8 Å². The Hall–Kier alpha value is -3.95. The van der Waals surface area contributed by atoms with E-state index in [0.29, 0.717) is 18.1 Å². The van der Waals surface area contributed by atoms with E-state index in [4.69, 9.17) is 0 Å². The topological polar surface area (TPSA) is 56.0 Å². The molecule has 0 unspecified atom stereocenters. The number of amides is 1. The highest BCUT2D eigenvalue weighted by molar-refractivity contribution is 5.93. The third kappa shape index (κ3) is 4.96. The minimum Gasteiger partial charge on any atom is -0.336 e. The van der Waals surface area contributed by atoms with Gasteiger partial charge in [0.1, 0.15) is 23.2 Å². The van der Waals surface area contributed by atoms with Crippen LogP contribution in [-0.2, 0) is 26.4 Å². The number of imidazole rings is 1. The van der Waals surface area contributed by atoms with Crippen LogP contribution in [0, 0.1) is 30.2 Å². The summed E-state index contributed by atoms with van der Waals surface area (Å²) in [5.41, 5.74) is 1.90. The number of aromatic nitrogens is 4. The molecule has 182 valence electrons. The molecule has 4 rings (SSSR count). The molecule has 0 atom stereocenters. The molecule has 0 saturated carbocycles. The van der Waals surface area contributed by atoms with Gasteiger partial charge in [-0.1, -0.05) is 0 Å². The van der Waals surface area contributed by atoms with Crippen LogP contribution in [0.4, 0.5) is 17.6 Å². The van der Waals surface area contributed by atoms with Crippen molar-refractivity contribution in [3.8, 4) is 5.69 Å². The Balaban J connectivity index is 1.67. The fraction of sp³-hybridized carbons (Fsp3) is 0.240. The lowest BCUT2D eigenvalue weighted by Gasteiger charge is -2.19. The van der Waals surface area contributed by atoms with Crippen molar-refractivity contribution >= 4 is 5.91 Å². The first kappa shape index (κ1) is 24.2. The summed E-state index contributed by atoms with van der Waals surface area (Å²) < 4.78 is 58.7. The van der Waals surface area contributed by atoms with E-state index in [1.54, 1.807) is 18.8 Å². The van der Waals surface area contributed by atoms with E-state index in [1.807, 2.05) is 13.1 Å². The number of aryl methyl sites for hydroxylation is 3. The smallest absolute Gasteiger partial charge is 0.272 e. The highest BCUT2D eigenvalue weighted by atomic mass is 19.2. The van der Waals surface area contributed by atoms with E-state index in [1.165, 1.54) is 39.9 Å². The molecule has 0 aliphatic carbocycles. The van der Waals surface area contributed by atoms with Gasteiger partial charge in [0.2, 0.25) is 0 Å². The van der Waals surface area contributed by atoms with Crippen molar-refractivity contribution in [2.45, 2.75) is 26.3 Å². The van der Waals surface area contributed by atoms with E-state index in [9.17, 15) is 22.4 Å². The normalized spacial score (nSPS) is 11.2. The lowest BCUT2D eigenvalue weighted by Crippen LogP contribution is -2.28. The van der Waals surface area contributed by atoms with Crippen LogP contribution < -0.4 is 0 Å². The van der Waals surface area contributed by atoms with E-state index in [-0.39, 0.29) is 24.4 Å². The van der Waals surface area contributed by atoms with Gasteiger partial charge in [0.15, 0.2) is 11.6 Å². The van der Waals surface area contributed by atoms with E-state index < -0.39 is 28.8 Å². The molecule has 6 nitrogen and oxygen atoms in total. The SMILES string of the molecule is Cc1nn(C)cc1CN(C)C(=O)c1cnc(CCc2c(F)ccc(F)c2F)n1-c1ccc(F)cc1. The standard InChI is InChI=1S/C25H23F4N5O/c1-15-16(14-33(3)31-15)13-32(2)25(35)22-12-30-23(34(22)18-6-4-17(26)5-7-18)11-8-19-20(27)9-10-21(28)24(19)29/h4-7,9-10,12,14H,8,11,13H2,1-3H3. The Bertz CT molecular complexity index is 1380. The lowest BCUT2D eigenvalue weighted by atomic mass is 10.1. The van der Waals surface area contributed by atoms with Gasteiger partial charge in [0.25, 0.3) is 5.91 Å². The van der Waals surface area contributed by atoms with Crippen LogP contribution in [0.3, 0.4) is 0 Å². The summed E-state index contributed by atoms with van der Waals surface area (Å²) >= 11 is 0. The summed E-state index contributed by atoms with van der Waals surface area (Å²) in [7, 11) is 3.42. The third-order valence-electron chi connectivity index (χ3n) is 5.75. The quantitative estimate of drug-likeness (QED) is 0.286. The maximum absolute atomic E-state index is 14.2. The average Bonchev–Trinajstić information content (AvgIpc) is 3.38. The molecule has 2 heterocycles. The molecule has 1 amide bonds. The number of hydrogen-bond donors (Lipinski definition) is 0. The first-order chi connectivity index (χ1) is 16.7. The van der Waals surface area contributed by atoms with Crippen LogP contribution in [-0.4, -0.2) is 37.2 Å². The molecule has 2 aromatic carbocycles. The monoisotopic (exact) mass is 485 g/mol. The molecule has 0 N–H and O–H groups in total. The molecule has 0 saturated heterocycles. The molecular formula is C25H23F4N5O. The van der Waals surface area contributed by atoms with Gasteiger partial charge in [-0.05, 0) is 49.7 Å². The Morgan fingerprint density at radius 3 is 2.34 bits per heavy atom. The summed E-state index contributed by atoms with van der Waals surface area (Å²) in [4.78, 5) is 19.2. The van der Waals surface area contributed by atoms with Gasteiger partial charge in [0.05, 0.1) is 11.9 Å². The van der Waals surface area contributed by atoms with Crippen molar-refractivity contribution in [3.63, 3.8) is 0 Å². The number of hydrogen-bond acceptors (Lipinski definition) is 3. The Morgan fingerprint density at radius 1 is 1.00 bits per heavy atom. The molecule has 4 aromatic rings. The minimum absolute atomic E-state index is 0.00732. The van der Waals surface area contributed by atoms with Crippen molar-refractivity contribution in [1.82, 2.24) is 24.2 Å². The number of carbonyl (C=O) groups is 1. The molecule has 0 fully saturated rings. The number of carbonyl (C=O) groups excluding carboxylic acids is 1. The number of rotatable bonds is 7. The van der Waals surface area contributed by atoms with Gasteiger partial charge in [0, 0.05) is 50.1 Å². The summed E-state index contributed by atoms with van der Waals surface area (Å²) in [6, 6.07) is 7.02. The van der Waals surface area contributed by atoms with Crippen molar-refractivity contribution in [1.29, 1.82) is 0 Å². The fourth-order valence-corrected chi connectivity index (χ4v) is 3.96. The largest absolute Gasteiger partial charge is 0.336 e. The lowest BCUT2D eigenvalue weighted by molar-refractivity contribution is 0.0776. The molecule has 0 aliphatic rings. The summed E-state index contributed by atoms with van der Waals surface area (Å²) in [5, 5.41) is 4.28. The predicted octanol–water partition coefficient (Wildman–Crippen LogP) is 4.53. The zero-order valence-electron chi connectivity index (χ0n) is 19.4. The van der Waals surface area contributed by atoms with Crippen LogP contribution >= 0.6 is 0 Å². The summed E-state index contributed by atoms with van der Waals surface area (Å²) in [5.74, 6) is -3.78. The third-order valence-corrected chi connectivity index (χ3v) is 5.75. The zero-order valence-corrected chi connectivity index (χ0v) is 19.4. The zero-order chi connectivity index (χ0) is 25.3. The highest BCUT2D eigenvalue weighted by Crippen LogP contribution is 2.22. The minimum atomic E-state index is -1.26. The summed E-state index contributed by atoms with van der Waals surface area (Å²) in [6.45, 7) is 2.14. The molecule has 2 aromatic heterocycles. The molecule has 35 heavy (non-hydrogen) atoms. The van der Waals surface area contributed by atoms with Crippen molar-refractivity contribution in [2.24, 2.45) is 7.05 Å². The van der Waals surface area contributed by atoms with Gasteiger partial charge in [-0.2, -0.15) is 5.10 Å². The van der Waals surface area contributed by atoms with Crippen molar-refractivity contribution in [2.75, 3.05) is 7.05 Å². The molecule has 0 aliphatic heterocycles. The first-order valence-electron chi connectivity index (χ1n) is 10.8. The van der Waals surface area contributed by atoms with Crippen molar-refractivity contribution < 1.29 is 22.4 Å². The van der Waals surface area contributed by atoms with Crippen LogP contribution in [0.2, 0.25) is 0 Å².